The average Bonchev–Trinajstić information content (AvgIpc) is 2.85. The summed E-state index contributed by atoms with van der Waals surface area (Å²) < 4.78 is 10.3. The molecular weight excluding hydrogens is 456 g/mol. The molecule has 0 amide bonds. The molecule has 0 aliphatic rings. The fraction of sp³-hybridized carbons (Fsp3) is 0.133. The van der Waals surface area contributed by atoms with Crippen molar-refractivity contribution >= 4 is 11.9 Å². The minimum atomic E-state index is -0.565. The summed E-state index contributed by atoms with van der Waals surface area (Å²) in [6, 6.07) is 28.7. The van der Waals surface area contributed by atoms with Crippen LogP contribution in [0.4, 0.5) is 0 Å². The van der Waals surface area contributed by atoms with Gasteiger partial charge in [-0.2, -0.15) is 0 Å². The molecule has 0 aromatic heterocycles. The third kappa shape index (κ3) is 7.21. The van der Waals surface area contributed by atoms with E-state index < -0.39 is 11.9 Å². The minimum absolute atomic E-state index is 0.0558. The van der Waals surface area contributed by atoms with Crippen LogP contribution in [0.25, 0.3) is 0 Å². The van der Waals surface area contributed by atoms with Crippen LogP contribution in [0.5, 0.6) is 23.0 Å². The first-order valence-corrected chi connectivity index (χ1v) is 11.3. The molecule has 36 heavy (non-hydrogen) atoms. The van der Waals surface area contributed by atoms with Crippen LogP contribution in [0.1, 0.15) is 47.1 Å². The summed E-state index contributed by atoms with van der Waals surface area (Å²) in [7, 11) is 0. The molecule has 0 spiro atoms. The maximum absolute atomic E-state index is 11.9. The highest BCUT2D eigenvalue weighted by molar-refractivity contribution is 5.94. The second kappa shape index (κ2) is 11.7. The highest BCUT2D eigenvalue weighted by atomic mass is 16.5. The van der Waals surface area contributed by atoms with Gasteiger partial charge in [-0.25, -0.2) is 9.59 Å². The summed E-state index contributed by atoms with van der Waals surface area (Å²) in [5.74, 6) is -0.370. The Labute approximate surface area is 210 Å². The van der Waals surface area contributed by atoms with E-state index in [4.69, 9.17) is 9.47 Å². The summed E-state index contributed by atoms with van der Waals surface area (Å²) in [6.45, 7) is 6.36. The molecule has 0 bridgehead atoms. The maximum atomic E-state index is 11.9. The van der Waals surface area contributed by atoms with Crippen LogP contribution < -0.4 is 9.47 Å². The zero-order valence-corrected chi connectivity index (χ0v) is 20.3. The second-order valence-electron chi connectivity index (χ2n) is 8.90. The number of para-hydroxylation sites is 3. The third-order valence-electron chi connectivity index (χ3n) is 5.13. The van der Waals surface area contributed by atoms with Crippen molar-refractivity contribution in [2.75, 3.05) is 0 Å². The van der Waals surface area contributed by atoms with Gasteiger partial charge in [0.2, 0.25) is 0 Å². The van der Waals surface area contributed by atoms with Crippen LogP contribution in [0.3, 0.4) is 0 Å². The lowest BCUT2D eigenvalue weighted by Crippen LogP contribution is -2.11. The lowest BCUT2D eigenvalue weighted by molar-refractivity contribution is 0.0721. The Morgan fingerprint density at radius 2 is 0.944 bits per heavy atom. The number of rotatable bonds is 4. The summed E-state index contributed by atoms with van der Waals surface area (Å²) in [6.07, 6.45) is 0. The molecule has 6 nitrogen and oxygen atoms in total. The quantitative estimate of drug-likeness (QED) is 0.253. The molecule has 0 unspecified atom stereocenters. The van der Waals surface area contributed by atoms with Gasteiger partial charge in [0.15, 0.2) is 0 Å². The van der Waals surface area contributed by atoms with Crippen molar-refractivity contribution in [1.29, 1.82) is 0 Å². The molecule has 0 saturated heterocycles. The first-order valence-electron chi connectivity index (χ1n) is 11.3. The van der Waals surface area contributed by atoms with Crippen molar-refractivity contribution in [3.63, 3.8) is 0 Å². The molecule has 0 fully saturated rings. The number of phenols is 2. The number of carbonyl (C=O) groups is 2. The van der Waals surface area contributed by atoms with Crippen molar-refractivity contribution in [3.05, 3.63) is 120 Å². The van der Waals surface area contributed by atoms with Crippen LogP contribution in [0.2, 0.25) is 0 Å². The molecule has 0 saturated carbocycles. The van der Waals surface area contributed by atoms with E-state index in [1.165, 1.54) is 29.8 Å². The van der Waals surface area contributed by atoms with Gasteiger partial charge >= 0.3 is 11.9 Å². The summed E-state index contributed by atoms with van der Waals surface area (Å²) in [5, 5.41) is 19.1. The number of phenolic OH excluding ortho intramolecular Hbond substituents is 2. The lowest BCUT2D eigenvalue weighted by Gasteiger charge is -2.19. The number of benzene rings is 4. The second-order valence-corrected chi connectivity index (χ2v) is 8.90. The van der Waals surface area contributed by atoms with Crippen LogP contribution in [-0.4, -0.2) is 22.2 Å². The van der Waals surface area contributed by atoms with Gasteiger partial charge in [0.25, 0.3) is 0 Å². The predicted molar refractivity (Wildman–Crippen MR) is 138 cm³/mol. The van der Waals surface area contributed by atoms with Gasteiger partial charge in [0.05, 0.1) is 0 Å². The van der Waals surface area contributed by atoms with Gasteiger partial charge in [-0.3, -0.25) is 0 Å². The number of esters is 2. The molecular formula is C30H28O6. The largest absolute Gasteiger partial charge is 0.507 e. The summed E-state index contributed by atoms with van der Waals surface area (Å²) >= 11 is 0. The van der Waals surface area contributed by atoms with E-state index in [2.05, 4.69) is 20.8 Å². The first kappa shape index (κ1) is 26.0. The molecule has 0 aliphatic heterocycles. The molecule has 0 radical (unpaired) electrons. The highest BCUT2D eigenvalue weighted by Gasteiger charge is 2.16. The Hall–Kier alpha value is -4.58. The van der Waals surface area contributed by atoms with Crippen LogP contribution in [-0.2, 0) is 5.41 Å². The Kier molecular flexibility index (Phi) is 8.47. The Morgan fingerprint density at radius 3 is 1.36 bits per heavy atom. The van der Waals surface area contributed by atoms with Gasteiger partial charge in [0, 0.05) is 0 Å². The van der Waals surface area contributed by atoms with E-state index in [0.29, 0.717) is 11.5 Å². The van der Waals surface area contributed by atoms with E-state index in [9.17, 15) is 19.8 Å². The summed E-state index contributed by atoms with van der Waals surface area (Å²) in [4.78, 5) is 23.6. The normalized spacial score (nSPS) is 10.5. The summed E-state index contributed by atoms with van der Waals surface area (Å²) in [5.41, 5.74) is 1.54. The molecule has 4 aromatic rings. The molecule has 4 aromatic carbocycles. The number of carbonyl (C=O) groups excluding carboxylic acids is 2. The fourth-order valence-electron chi connectivity index (χ4n) is 3.13. The van der Waals surface area contributed by atoms with Gasteiger partial charge in [-0.15, -0.1) is 0 Å². The van der Waals surface area contributed by atoms with Gasteiger partial charge in [0.1, 0.15) is 34.1 Å². The van der Waals surface area contributed by atoms with Gasteiger partial charge < -0.3 is 19.7 Å². The first-order chi connectivity index (χ1) is 17.1. The Bertz CT molecular complexity index is 1310. The molecule has 0 atom stereocenters. The zero-order valence-electron chi connectivity index (χ0n) is 20.3. The van der Waals surface area contributed by atoms with Crippen molar-refractivity contribution < 1.29 is 29.3 Å². The molecule has 0 aliphatic carbocycles. The molecule has 0 heterocycles. The topological polar surface area (TPSA) is 93.1 Å². The van der Waals surface area contributed by atoms with Crippen molar-refractivity contribution in [2.24, 2.45) is 0 Å². The predicted octanol–water partition coefficient (Wildman–Crippen LogP) is 6.52. The average molecular weight is 485 g/mol. The minimum Gasteiger partial charge on any atom is -0.507 e. The third-order valence-corrected chi connectivity index (χ3v) is 5.13. The van der Waals surface area contributed by atoms with E-state index in [0.717, 1.165) is 0 Å². The van der Waals surface area contributed by atoms with Crippen LogP contribution >= 0.6 is 0 Å². The molecule has 184 valence electrons. The van der Waals surface area contributed by atoms with E-state index in [1.807, 2.05) is 18.2 Å². The lowest BCUT2D eigenvalue weighted by atomic mass is 9.87. The SMILES string of the molecule is CC(C)(C)c1ccc(OC(=O)c2ccccc2O)cc1.O=C(Oc1ccccc1)c1ccccc1O. The van der Waals surface area contributed by atoms with Crippen molar-refractivity contribution in [3.8, 4) is 23.0 Å². The number of aromatic hydroxyl groups is 2. The van der Waals surface area contributed by atoms with E-state index >= 15 is 0 Å². The Balaban J connectivity index is 0.000000205. The maximum Gasteiger partial charge on any atom is 0.347 e. The van der Waals surface area contributed by atoms with Crippen LogP contribution in [0.15, 0.2) is 103 Å². The van der Waals surface area contributed by atoms with Crippen molar-refractivity contribution in [2.45, 2.75) is 26.2 Å². The number of hydrogen-bond acceptors (Lipinski definition) is 6. The molecule has 2 N–H and O–H groups in total. The van der Waals surface area contributed by atoms with Gasteiger partial charge in [-0.05, 0) is 59.5 Å². The molecule has 4 rings (SSSR count). The molecule has 6 heteroatoms. The van der Waals surface area contributed by atoms with Gasteiger partial charge in [-0.1, -0.05) is 75.4 Å². The number of hydrogen-bond donors (Lipinski definition) is 2. The number of ether oxygens (including phenoxy) is 2. The fourth-order valence-corrected chi connectivity index (χ4v) is 3.13. The Morgan fingerprint density at radius 1 is 0.556 bits per heavy atom. The standard InChI is InChI=1S/C17H18O3.C13H10O3/c1-17(2,3)12-8-10-13(11-9-12)20-16(19)14-6-4-5-7-15(14)18;14-12-9-5-4-8-11(12)13(15)16-10-6-2-1-3-7-10/h4-11,18H,1-3H3;1-9,14H. The highest BCUT2D eigenvalue weighted by Crippen LogP contribution is 2.25. The smallest absolute Gasteiger partial charge is 0.347 e. The van der Waals surface area contributed by atoms with Crippen LogP contribution in [0, 0.1) is 0 Å². The monoisotopic (exact) mass is 484 g/mol. The van der Waals surface area contributed by atoms with Crippen molar-refractivity contribution in [1.82, 2.24) is 0 Å². The van der Waals surface area contributed by atoms with E-state index in [-0.39, 0.29) is 28.0 Å². The zero-order chi connectivity index (χ0) is 26.1. The van der Waals surface area contributed by atoms with E-state index in [1.54, 1.807) is 60.7 Å².